The van der Waals surface area contributed by atoms with Gasteiger partial charge < -0.3 is 10.2 Å². The van der Waals surface area contributed by atoms with Gasteiger partial charge in [0.05, 0.1) is 0 Å². The molecular formula is C14H11BrO2. The molecule has 0 amide bonds. The molecule has 0 radical (unpaired) electrons. The Morgan fingerprint density at radius 3 is 1.71 bits per heavy atom. The van der Waals surface area contributed by atoms with Crippen LogP contribution in [0.2, 0.25) is 0 Å². The van der Waals surface area contributed by atoms with E-state index in [2.05, 4.69) is 15.9 Å². The van der Waals surface area contributed by atoms with Crippen LogP contribution in [0.5, 0.6) is 0 Å². The number of aliphatic hydroxyl groups is 2. The standard InChI is InChI=1S/C14H11BrO2/c15-12-8-6-11(7-9-12)14(17)13(16)10-4-2-1-3-5-10/h1-9,16-17H. The van der Waals surface area contributed by atoms with Gasteiger partial charge in [-0.2, -0.15) is 0 Å². The summed E-state index contributed by atoms with van der Waals surface area (Å²) in [7, 11) is 0. The zero-order valence-corrected chi connectivity index (χ0v) is 10.6. The highest BCUT2D eigenvalue weighted by atomic mass is 79.9. The Kier molecular flexibility index (Phi) is 3.49. The molecule has 0 bridgehead atoms. The fourth-order valence-corrected chi connectivity index (χ4v) is 1.74. The summed E-state index contributed by atoms with van der Waals surface area (Å²) in [4.78, 5) is 0. The van der Waals surface area contributed by atoms with Crippen LogP contribution in [0.1, 0.15) is 11.1 Å². The lowest BCUT2D eigenvalue weighted by Gasteiger charge is -2.05. The summed E-state index contributed by atoms with van der Waals surface area (Å²) in [5, 5.41) is 19.9. The van der Waals surface area contributed by atoms with E-state index in [0.717, 1.165) is 4.47 Å². The number of hydrogen-bond donors (Lipinski definition) is 2. The van der Waals surface area contributed by atoms with Crippen LogP contribution in [0.25, 0.3) is 11.5 Å². The molecule has 0 unspecified atom stereocenters. The Balaban J connectivity index is 2.41. The lowest BCUT2D eigenvalue weighted by molar-refractivity contribution is 0.459. The van der Waals surface area contributed by atoms with E-state index in [-0.39, 0.29) is 11.5 Å². The third kappa shape index (κ3) is 2.68. The highest BCUT2D eigenvalue weighted by Crippen LogP contribution is 2.23. The fourth-order valence-electron chi connectivity index (χ4n) is 1.48. The van der Waals surface area contributed by atoms with Gasteiger partial charge in [-0.1, -0.05) is 58.4 Å². The summed E-state index contributed by atoms with van der Waals surface area (Å²) in [6, 6.07) is 16.0. The first kappa shape index (κ1) is 11.7. The molecule has 17 heavy (non-hydrogen) atoms. The van der Waals surface area contributed by atoms with Gasteiger partial charge in [0.2, 0.25) is 0 Å². The monoisotopic (exact) mass is 290 g/mol. The lowest BCUT2D eigenvalue weighted by Crippen LogP contribution is -1.90. The Labute approximate surface area is 108 Å². The van der Waals surface area contributed by atoms with Gasteiger partial charge in [-0.15, -0.1) is 0 Å². The second-order valence-electron chi connectivity index (χ2n) is 3.57. The van der Waals surface area contributed by atoms with Gasteiger partial charge in [0.1, 0.15) is 0 Å². The Morgan fingerprint density at radius 2 is 1.18 bits per heavy atom. The summed E-state index contributed by atoms with van der Waals surface area (Å²) in [5.74, 6) is -0.239. The molecule has 0 aliphatic carbocycles. The Morgan fingerprint density at radius 1 is 0.706 bits per heavy atom. The number of rotatable bonds is 2. The molecule has 0 fully saturated rings. The maximum atomic E-state index is 9.95. The van der Waals surface area contributed by atoms with Crippen molar-refractivity contribution in [2.45, 2.75) is 0 Å². The smallest absolute Gasteiger partial charge is 0.165 e. The molecule has 3 heteroatoms. The molecule has 0 aromatic heterocycles. The molecule has 0 aliphatic rings. The average Bonchev–Trinajstić information content (AvgIpc) is 2.39. The van der Waals surface area contributed by atoms with Crippen molar-refractivity contribution in [1.82, 2.24) is 0 Å². The van der Waals surface area contributed by atoms with Crippen LogP contribution in [-0.4, -0.2) is 10.2 Å². The van der Waals surface area contributed by atoms with Gasteiger partial charge in [-0.05, 0) is 12.1 Å². The molecule has 2 aromatic rings. The molecule has 2 N–H and O–H groups in total. The highest BCUT2D eigenvalue weighted by Gasteiger charge is 2.08. The van der Waals surface area contributed by atoms with Gasteiger partial charge in [0, 0.05) is 15.6 Å². The maximum absolute atomic E-state index is 9.95. The van der Waals surface area contributed by atoms with Crippen LogP contribution in [0.3, 0.4) is 0 Å². The predicted molar refractivity (Wildman–Crippen MR) is 72.7 cm³/mol. The summed E-state index contributed by atoms with van der Waals surface area (Å²) >= 11 is 3.32. The SMILES string of the molecule is OC(=C(O)c1ccc(Br)cc1)c1ccccc1. The Bertz CT molecular complexity index is 530. The van der Waals surface area contributed by atoms with Crippen molar-refractivity contribution in [2.75, 3.05) is 0 Å². The minimum absolute atomic E-state index is 0.118. The van der Waals surface area contributed by atoms with Gasteiger partial charge >= 0.3 is 0 Å². The third-order valence-corrected chi connectivity index (χ3v) is 2.92. The predicted octanol–water partition coefficient (Wildman–Crippen LogP) is 4.39. The van der Waals surface area contributed by atoms with Crippen molar-refractivity contribution in [2.24, 2.45) is 0 Å². The summed E-state index contributed by atoms with van der Waals surface area (Å²) < 4.78 is 0.924. The molecule has 86 valence electrons. The lowest BCUT2D eigenvalue weighted by atomic mass is 10.1. The molecule has 2 nitrogen and oxygen atoms in total. The molecule has 2 aromatic carbocycles. The number of aliphatic hydroxyl groups excluding tert-OH is 2. The quantitative estimate of drug-likeness (QED) is 0.636. The van der Waals surface area contributed by atoms with Crippen LogP contribution in [-0.2, 0) is 0 Å². The molecule has 0 aliphatic heterocycles. The maximum Gasteiger partial charge on any atom is 0.165 e. The summed E-state index contributed by atoms with van der Waals surface area (Å²) in [6.07, 6.45) is 0. The second kappa shape index (κ2) is 5.06. The van der Waals surface area contributed by atoms with Gasteiger partial charge in [-0.3, -0.25) is 0 Å². The molecular weight excluding hydrogens is 280 g/mol. The van der Waals surface area contributed by atoms with Crippen LogP contribution >= 0.6 is 15.9 Å². The van der Waals surface area contributed by atoms with Crippen LogP contribution in [0, 0.1) is 0 Å². The zero-order valence-electron chi connectivity index (χ0n) is 8.97. The summed E-state index contributed by atoms with van der Waals surface area (Å²) in [5.41, 5.74) is 1.17. The van der Waals surface area contributed by atoms with E-state index in [1.807, 2.05) is 18.2 Å². The van der Waals surface area contributed by atoms with Crippen molar-refractivity contribution in [3.8, 4) is 0 Å². The van der Waals surface area contributed by atoms with E-state index in [9.17, 15) is 10.2 Å². The van der Waals surface area contributed by atoms with Crippen molar-refractivity contribution < 1.29 is 10.2 Å². The van der Waals surface area contributed by atoms with Crippen LogP contribution < -0.4 is 0 Å². The first-order chi connectivity index (χ1) is 8.18. The minimum atomic E-state index is -0.122. The Hall–Kier alpha value is -1.74. The molecule has 0 saturated heterocycles. The van der Waals surface area contributed by atoms with Crippen molar-refractivity contribution in [3.05, 3.63) is 70.2 Å². The van der Waals surface area contributed by atoms with Crippen molar-refractivity contribution in [1.29, 1.82) is 0 Å². The van der Waals surface area contributed by atoms with E-state index in [4.69, 9.17) is 0 Å². The minimum Gasteiger partial charge on any atom is -0.504 e. The van der Waals surface area contributed by atoms with Crippen LogP contribution in [0.4, 0.5) is 0 Å². The van der Waals surface area contributed by atoms with Gasteiger partial charge in [0.15, 0.2) is 11.5 Å². The normalized spacial score (nSPS) is 12.1. The number of benzene rings is 2. The highest BCUT2D eigenvalue weighted by molar-refractivity contribution is 9.10. The topological polar surface area (TPSA) is 40.5 Å². The van der Waals surface area contributed by atoms with E-state index < -0.39 is 0 Å². The van der Waals surface area contributed by atoms with E-state index in [1.165, 1.54) is 0 Å². The largest absolute Gasteiger partial charge is 0.504 e. The van der Waals surface area contributed by atoms with E-state index in [0.29, 0.717) is 11.1 Å². The van der Waals surface area contributed by atoms with E-state index >= 15 is 0 Å². The first-order valence-corrected chi connectivity index (χ1v) is 5.91. The molecule has 0 saturated carbocycles. The van der Waals surface area contributed by atoms with Crippen LogP contribution in [0.15, 0.2) is 59.1 Å². The first-order valence-electron chi connectivity index (χ1n) is 5.12. The average molecular weight is 291 g/mol. The second-order valence-corrected chi connectivity index (χ2v) is 4.49. The number of hydrogen-bond acceptors (Lipinski definition) is 2. The zero-order chi connectivity index (χ0) is 12.3. The summed E-state index contributed by atoms with van der Waals surface area (Å²) in [6.45, 7) is 0. The van der Waals surface area contributed by atoms with Gasteiger partial charge in [0.25, 0.3) is 0 Å². The molecule has 0 atom stereocenters. The number of halogens is 1. The fraction of sp³-hybridized carbons (Fsp3) is 0. The van der Waals surface area contributed by atoms with E-state index in [1.54, 1.807) is 36.4 Å². The van der Waals surface area contributed by atoms with Crippen molar-refractivity contribution >= 4 is 27.4 Å². The molecule has 0 spiro atoms. The molecule has 0 heterocycles. The third-order valence-electron chi connectivity index (χ3n) is 2.39. The van der Waals surface area contributed by atoms with Gasteiger partial charge in [-0.25, -0.2) is 0 Å². The van der Waals surface area contributed by atoms with Crippen molar-refractivity contribution in [3.63, 3.8) is 0 Å². The molecule has 2 rings (SSSR count).